The van der Waals surface area contributed by atoms with Crippen molar-refractivity contribution in [1.29, 1.82) is 0 Å². The molecule has 0 unspecified atom stereocenters. The average molecular weight is 312 g/mol. The molecule has 0 atom stereocenters. The molecule has 0 saturated heterocycles. The fraction of sp³-hybridized carbons (Fsp3) is 0.250. The van der Waals surface area contributed by atoms with Gasteiger partial charge in [0.2, 0.25) is 0 Å². The third-order valence-corrected chi connectivity index (χ3v) is 3.50. The summed E-state index contributed by atoms with van der Waals surface area (Å²) in [6, 6.07) is 15.0. The Morgan fingerprint density at radius 1 is 0.950 bits per heavy atom. The van der Waals surface area contributed by atoms with Crippen LogP contribution in [0.1, 0.15) is 11.1 Å². The summed E-state index contributed by atoms with van der Waals surface area (Å²) in [5.74, 6) is 0.171. The molecule has 4 heteroatoms. The monoisotopic (exact) mass is 311 g/mol. The van der Waals surface area contributed by atoms with Crippen LogP contribution in [0.15, 0.2) is 48.5 Å². The van der Waals surface area contributed by atoms with Gasteiger partial charge in [0.25, 0.3) is 0 Å². The van der Waals surface area contributed by atoms with Crippen molar-refractivity contribution in [3.8, 4) is 0 Å². The standard InChI is InChI=1S/C16H16Cl2FN/c17-8-9-20(11-13-4-2-1-3-5-13)12-14-6-7-16(19)15(18)10-14/h1-7,10H,8-9,11-12H2. The number of benzene rings is 2. The molecule has 106 valence electrons. The second kappa shape index (κ2) is 7.63. The van der Waals surface area contributed by atoms with Crippen LogP contribution in [0, 0.1) is 5.82 Å². The lowest BCUT2D eigenvalue weighted by Gasteiger charge is -2.21. The van der Waals surface area contributed by atoms with E-state index >= 15 is 0 Å². The second-order valence-electron chi connectivity index (χ2n) is 4.63. The summed E-state index contributed by atoms with van der Waals surface area (Å²) in [6.45, 7) is 2.27. The highest BCUT2D eigenvalue weighted by Crippen LogP contribution is 2.18. The van der Waals surface area contributed by atoms with E-state index in [4.69, 9.17) is 23.2 Å². The Balaban J connectivity index is 2.06. The quantitative estimate of drug-likeness (QED) is 0.698. The third kappa shape index (κ3) is 4.48. The minimum atomic E-state index is -0.387. The lowest BCUT2D eigenvalue weighted by atomic mass is 10.1. The van der Waals surface area contributed by atoms with Gasteiger partial charge in [0.05, 0.1) is 5.02 Å². The summed E-state index contributed by atoms with van der Waals surface area (Å²) >= 11 is 11.7. The first-order valence-electron chi connectivity index (χ1n) is 6.45. The molecule has 20 heavy (non-hydrogen) atoms. The van der Waals surface area contributed by atoms with Gasteiger partial charge in [-0.15, -0.1) is 11.6 Å². The Morgan fingerprint density at radius 2 is 1.65 bits per heavy atom. The van der Waals surface area contributed by atoms with Crippen LogP contribution in [0.5, 0.6) is 0 Å². The van der Waals surface area contributed by atoms with Crippen molar-refractivity contribution in [2.45, 2.75) is 13.1 Å². The minimum Gasteiger partial charge on any atom is -0.294 e. The molecule has 0 saturated carbocycles. The number of hydrogen-bond acceptors (Lipinski definition) is 1. The second-order valence-corrected chi connectivity index (χ2v) is 5.42. The number of alkyl halides is 1. The molecule has 0 heterocycles. The van der Waals surface area contributed by atoms with E-state index in [1.165, 1.54) is 11.6 Å². The summed E-state index contributed by atoms with van der Waals surface area (Å²) in [5, 5.41) is 0.160. The minimum absolute atomic E-state index is 0.160. The van der Waals surface area contributed by atoms with Crippen molar-refractivity contribution in [2.24, 2.45) is 0 Å². The van der Waals surface area contributed by atoms with E-state index in [-0.39, 0.29) is 10.8 Å². The van der Waals surface area contributed by atoms with Crippen molar-refractivity contribution in [1.82, 2.24) is 4.90 Å². The predicted molar refractivity (Wildman–Crippen MR) is 82.7 cm³/mol. The Hall–Kier alpha value is -1.09. The lowest BCUT2D eigenvalue weighted by Crippen LogP contribution is -2.24. The van der Waals surface area contributed by atoms with Gasteiger partial charge in [-0.2, -0.15) is 0 Å². The molecule has 2 rings (SSSR count). The zero-order valence-corrected chi connectivity index (χ0v) is 12.5. The number of rotatable bonds is 6. The van der Waals surface area contributed by atoms with E-state index in [9.17, 15) is 4.39 Å². The van der Waals surface area contributed by atoms with Gasteiger partial charge in [0.1, 0.15) is 5.82 Å². The highest BCUT2D eigenvalue weighted by molar-refractivity contribution is 6.30. The van der Waals surface area contributed by atoms with Crippen molar-refractivity contribution in [3.05, 3.63) is 70.5 Å². The van der Waals surface area contributed by atoms with Crippen LogP contribution in [-0.2, 0) is 13.1 Å². The Kier molecular flexibility index (Phi) is 5.84. The summed E-state index contributed by atoms with van der Waals surface area (Å²) in [6.07, 6.45) is 0. The van der Waals surface area contributed by atoms with Gasteiger partial charge in [-0.05, 0) is 23.3 Å². The third-order valence-electron chi connectivity index (χ3n) is 3.04. The predicted octanol–water partition coefficient (Wildman–Crippen LogP) is 4.72. The largest absolute Gasteiger partial charge is 0.294 e. The molecule has 1 nitrogen and oxygen atoms in total. The zero-order valence-electron chi connectivity index (χ0n) is 11.0. The first-order valence-corrected chi connectivity index (χ1v) is 7.36. The molecule has 0 spiro atoms. The van der Waals surface area contributed by atoms with E-state index in [0.29, 0.717) is 12.4 Å². The maximum atomic E-state index is 13.2. The first-order chi connectivity index (χ1) is 9.69. The van der Waals surface area contributed by atoms with Crippen molar-refractivity contribution in [3.63, 3.8) is 0 Å². The number of nitrogens with zero attached hydrogens (tertiary/aromatic N) is 1. The van der Waals surface area contributed by atoms with Crippen molar-refractivity contribution < 1.29 is 4.39 Å². The van der Waals surface area contributed by atoms with Crippen molar-refractivity contribution in [2.75, 3.05) is 12.4 Å². The summed E-state index contributed by atoms with van der Waals surface area (Å²) in [5.41, 5.74) is 2.21. The molecule has 2 aromatic carbocycles. The molecule has 0 aromatic heterocycles. The fourth-order valence-electron chi connectivity index (χ4n) is 2.07. The SMILES string of the molecule is Fc1ccc(CN(CCCl)Cc2ccccc2)cc1Cl. The zero-order chi connectivity index (χ0) is 14.4. The molecule has 0 radical (unpaired) electrons. The molecule has 0 bridgehead atoms. The van der Waals surface area contributed by atoms with Gasteiger partial charge in [-0.25, -0.2) is 4.39 Å². The van der Waals surface area contributed by atoms with Crippen molar-refractivity contribution >= 4 is 23.2 Å². The molecule has 2 aromatic rings. The Bertz CT molecular complexity index is 545. The molecule has 0 aliphatic heterocycles. The smallest absolute Gasteiger partial charge is 0.141 e. The van der Waals surface area contributed by atoms with Gasteiger partial charge in [-0.1, -0.05) is 48.0 Å². The number of halogens is 3. The molecule has 0 amide bonds. The maximum Gasteiger partial charge on any atom is 0.141 e. The van der Waals surface area contributed by atoms with E-state index in [1.54, 1.807) is 12.1 Å². The van der Waals surface area contributed by atoms with E-state index < -0.39 is 0 Å². The summed E-state index contributed by atoms with van der Waals surface area (Å²) in [4.78, 5) is 2.21. The van der Waals surface area contributed by atoms with Crippen LogP contribution >= 0.6 is 23.2 Å². The van der Waals surface area contributed by atoms with Crippen LogP contribution in [0.2, 0.25) is 5.02 Å². The van der Waals surface area contributed by atoms with E-state index in [1.807, 2.05) is 18.2 Å². The Labute approximate surface area is 128 Å². The molecule has 0 aliphatic rings. The van der Waals surface area contributed by atoms with Crippen LogP contribution < -0.4 is 0 Å². The van der Waals surface area contributed by atoms with Gasteiger partial charge in [0, 0.05) is 25.5 Å². The Morgan fingerprint density at radius 3 is 2.30 bits per heavy atom. The highest BCUT2D eigenvalue weighted by Gasteiger charge is 2.08. The van der Waals surface area contributed by atoms with Gasteiger partial charge < -0.3 is 0 Å². The van der Waals surface area contributed by atoms with E-state index in [0.717, 1.165) is 18.7 Å². The molecule has 0 N–H and O–H groups in total. The van der Waals surface area contributed by atoms with Gasteiger partial charge in [0.15, 0.2) is 0 Å². The fourth-order valence-corrected chi connectivity index (χ4v) is 2.51. The average Bonchev–Trinajstić information content (AvgIpc) is 2.44. The van der Waals surface area contributed by atoms with Crippen LogP contribution in [0.4, 0.5) is 4.39 Å². The topological polar surface area (TPSA) is 3.24 Å². The maximum absolute atomic E-state index is 13.2. The van der Waals surface area contributed by atoms with Crippen LogP contribution in [-0.4, -0.2) is 17.3 Å². The van der Waals surface area contributed by atoms with Crippen LogP contribution in [0.25, 0.3) is 0 Å². The first kappa shape index (κ1) is 15.3. The van der Waals surface area contributed by atoms with Gasteiger partial charge in [-0.3, -0.25) is 4.90 Å². The normalized spacial score (nSPS) is 11.0. The number of hydrogen-bond donors (Lipinski definition) is 0. The highest BCUT2D eigenvalue weighted by atomic mass is 35.5. The summed E-state index contributed by atoms with van der Waals surface area (Å²) < 4.78 is 13.2. The molecule has 0 aliphatic carbocycles. The summed E-state index contributed by atoms with van der Waals surface area (Å²) in [7, 11) is 0. The van der Waals surface area contributed by atoms with Crippen LogP contribution in [0.3, 0.4) is 0 Å². The van der Waals surface area contributed by atoms with E-state index in [2.05, 4.69) is 17.0 Å². The van der Waals surface area contributed by atoms with Gasteiger partial charge >= 0.3 is 0 Å². The molecular formula is C16H16Cl2FN. The lowest BCUT2D eigenvalue weighted by molar-refractivity contribution is 0.273. The molecule has 0 fully saturated rings. The molecular weight excluding hydrogens is 296 g/mol.